The SMILES string of the molecule is Cc1ccc(C(=O)c2ccc(C)c(C)c2Cl)c(Cl)c1C. The second kappa shape index (κ2) is 5.59. The molecule has 0 saturated heterocycles. The van der Waals surface area contributed by atoms with Gasteiger partial charge in [0, 0.05) is 11.1 Å². The van der Waals surface area contributed by atoms with E-state index >= 15 is 0 Å². The van der Waals surface area contributed by atoms with E-state index in [9.17, 15) is 4.79 Å². The van der Waals surface area contributed by atoms with Gasteiger partial charge in [-0.3, -0.25) is 4.79 Å². The van der Waals surface area contributed by atoms with E-state index in [1.165, 1.54) is 0 Å². The van der Waals surface area contributed by atoms with Gasteiger partial charge >= 0.3 is 0 Å². The average Bonchev–Trinajstić information content (AvgIpc) is 2.42. The molecule has 0 saturated carbocycles. The second-order valence-electron chi connectivity index (χ2n) is 5.07. The van der Waals surface area contributed by atoms with Crippen molar-refractivity contribution in [1.82, 2.24) is 0 Å². The van der Waals surface area contributed by atoms with Gasteiger partial charge in [-0.15, -0.1) is 0 Å². The number of halogens is 2. The number of carbonyl (C=O) groups is 1. The fourth-order valence-corrected chi connectivity index (χ4v) is 2.65. The maximum atomic E-state index is 12.6. The second-order valence-corrected chi connectivity index (χ2v) is 5.82. The van der Waals surface area contributed by atoms with Gasteiger partial charge in [0.05, 0.1) is 10.0 Å². The van der Waals surface area contributed by atoms with Crippen molar-refractivity contribution in [3.63, 3.8) is 0 Å². The number of hydrogen-bond acceptors (Lipinski definition) is 1. The Morgan fingerprint density at radius 1 is 0.750 bits per heavy atom. The summed E-state index contributed by atoms with van der Waals surface area (Å²) in [5.41, 5.74) is 4.99. The Kier molecular flexibility index (Phi) is 4.22. The Morgan fingerprint density at radius 2 is 1.10 bits per heavy atom. The maximum Gasteiger partial charge on any atom is 0.196 e. The first-order valence-electron chi connectivity index (χ1n) is 6.40. The number of benzene rings is 2. The van der Waals surface area contributed by atoms with Gasteiger partial charge in [0.25, 0.3) is 0 Å². The lowest BCUT2D eigenvalue weighted by Crippen LogP contribution is -2.06. The van der Waals surface area contributed by atoms with Crippen molar-refractivity contribution < 1.29 is 4.79 Å². The first-order valence-corrected chi connectivity index (χ1v) is 7.16. The van der Waals surface area contributed by atoms with Crippen LogP contribution in [0.25, 0.3) is 0 Å². The smallest absolute Gasteiger partial charge is 0.196 e. The lowest BCUT2D eigenvalue weighted by molar-refractivity contribution is 0.103. The molecule has 0 aliphatic rings. The minimum atomic E-state index is -0.133. The van der Waals surface area contributed by atoms with Crippen molar-refractivity contribution in [3.8, 4) is 0 Å². The summed E-state index contributed by atoms with van der Waals surface area (Å²) in [5.74, 6) is -0.133. The van der Waals surface area contributed by atoms with Crippen molar-refractivity contribution in [2.45, 2.75) is 27.7 Å². The molecule has 0 heterocycles. The monoisotopic (exact) mass is 306 g/mol. The van der Waals surface area contributed by atoms with Crippen LogP contribution in [0.5, 0.6) is 0 Å². The summed E-state index contributed by atoms with van der Waals surface area (Å²) < 4.78 is 0. The molecule has 2 aromatic rings. The van der Waals surface area contributed by atoms with Gasteiger partial charge in [0.15, 0.2) is 5.78 Å². The Morgan fingerprint density at radius 3 is 1.45 bits per heavy atom. The highest BCUT2D eigenvalue weighted by Crippen LogP contribution is 2.30. The zero-order chi connectivity index (χ0) is 15.0. The van der Waals surface area contributed by atoms with Gasteiger partial charge < -0.3 is 0 Å². The highest BCUT2D eigenvalue weighted by atomic mass is 35.5. The molecular weight excluding hydrogens is 291 g/mol. The molecule has 2 rings (SSSR count). The van der Waals surface area contributed by atoms with Crippen molar-refractivity contribution >= 4 is 29.0 Å². The van der Waals surface area contributed by atoms with Crippen LogP contribution in [-0.4, -0.2) is 5.78 Å². The highest BCUT2D eigenvalue weighted by Gasteiger charge is 2.19. The number of carbonyl (C=O) groups excluding carboxylic acids is 1. The van der Waals surface area contributed by atoms with E-state index in [0.717, 1.165) is 22.3 Å². The normalized spacial score (nSPS) is 10.7. The van der Waals surface area contributed by atoms with E-state index in [2.05, 4.69) is 0 Å². The molecule has 0 atom stereocenters. The molecule has 0 bridgehead atoms. The predicted octanol–water partition coefficient (Wildman–Crippen LogP) is 5.46. The minimum Gasteiger partial charge on any atom is -0.288 e. The van der Waals surface area contributed by atoms with Crippen LogP contribution >= 0.6 is 23.2 Å². The van der Waals surface area contributed by atoms with E-state index in [1.807, 2.05) is 39.8 Å². The summed E-state index contributed by atoms with van der Waals surface area (Å²) in [6, 6.07) is 7.34. The third kappa shape index (κ3) is 2.48. The third-order valence-corrected chi connectivity index (χ3v) is 4.78. The van der Waals surface area contributed by atoms with Crippen LogP contribution in [0.4, 0.5) is 0 Å². The lowest BCUT2D eigenvalue weighted by Gasteiger charge is -2.12. The summed E-state index contributed by atoms with van der Waals surface area (Å²) in [6.07, 6.45) is 0. The molecule has 3 heteroatoms. The Labute approximate surface area is 129 Å². The van der Waals surface area contributed by atoms with Gasteiger partial charge in [-0.25, -0.2) is 0 Å². The maximum absolute atomic E-state index is 12.6. The zero-order valence-corrected chi connectivity index (χ0v) is 13.5. The van der Waals surface area contributed by atoms with Crippen LogP contribution in [0.2, 0.25) is 10.0 Å². The fourth-order valence-electron chi connectivity index (χ4n) is 2.06. The molecule has 0 aromatic heterocycles. The topological polar surface area (TPSA) is 17.1 Å². The minimum absolute atomic E-state index is 0.133. The van der Waals surface area contributed by atoms with E-state index in [0.29, 0.717) is 21.2 Å². The molecular formula is C17H16Cl2O. The number of aryl methyl sites for hydroxylation is 2. The Bertz CT molecular complexity index is 643. The van der Waals surface area contributed by atoms with Crippen LogP contribution in [0.1, 0.15) is 38.2 Å². The molecule has 0 fully saturated rings. The van der Waals surface area contributed by atoms with Gasteiger partial charge in [-0.05, 0) is 62.1 Å². The molecule has 0 amide bonds. The third-order valence-electron chi connectivity index (χ3n) is 3.80. The van der Waals surface area contributed by atoms with Gasteiger partial charge in [-0.2, -0.15) is 0 Å². The average molecular weight is 307 g/mol. The summed E-state index contributed by atoms with van der Waals surface area (Å²) in [7, 11) is 0. The van der Waals surface area contributed by atoms with E-state index in [1.54, 1.807) is 12.1 Å². The van der Waals surface area contributed by atoms with E-state index in [4.69, 9.17) is 23.2 Å². The van der Waals surface area contributed by atoms with Crippen LogP contribution in [0.15, 0.2) is 24.3 Å². The predicted molar refractivity (Wildman–Crippen MR) is 85.3 cm³/mol. The first kappa shape index (κ1) is 15.1. The van der Waals surface area contributed by atoms with Crippen molar-refractivity contribution in [3.05, 3.63) is 67.7 Å². The number of rotatable bonds is 2. The highest BCUT2D eigenvalue weighted by molar-refractivity contribution is 6.39. The van der Waals surface area contributed by atoms with Crippen LogP contribution in [-0.2, 0) is 0 Å². The van der Waals surface area contributed by atoms with Crippen LogP contribution < -0.4 is 0 Å². The zero-order valence-electron chi connectivity index (χ0n) is 12.0. The Balaban J connectivity index is 2.58. The molecule has 0 aliphatic carbocycles. The molecule has 0 aliphatic heterocycles. The molecule has 2 aromatic carbocycles. The summed E-state index contributed by atoms with van der Waals surface area (Å²) in [4.78, 5) is 12.6. The molecule has 1 nitrogen and oxygen atoms in total. The van der Waals surface area contributed by atoms with Gasteiger partial charge in [0.1, 0.15) is 0 Å². The van der Waals surface area contributed by atoms with Crippen molar-refractivity contribution in [2.24, 2.45) is 0 Å². The Hall–Kier alpha value is -1.31. The first-order chi connectivity index (χ1) is 9.34. The molecule has 0 unspecified atom stereocenters. The van der Waals surface area contributed by atoms with E-state index in [-0.39, 0.29) is 5.78 Å². The standard InChI is InChI=1S/C17H16Cl2O/c1-9-5-7-13(15(18)11(9)3)17(20)14-8-6-10(2)12(4)16(14)19/h5-8H,1-4H3. The molecule has 20 heavy (non-hydrogen) atoms. The molecule has 0 N–H and O–H groups in total. The number of ketones is 1. The molecule has 0 radical (unpaired) electrons. The van der Waals surface area contributed by atoms with Gasteiger partial charge in [-0.1, -0.05) is 35.3 Å². The summed E-state index contributed by atoms with van der Waals surface area (Å²) in [6.45, 7) is 7.77. The number of hydrogen-bond donors (Lipinski definition) is 0. The summed E-state index contributed by atoms with van der Waals surface area (Å²) >= 11 is 12.6. The van der Waals surface area contributed by atoms with Crippen molar-refractivity contribution in [2.75, 3.05) is 0 Å². The van der Waals surface area contributed by atoms with Crippen LogP contribution in [0, 0.1) is 27.7 Å². The lowest BCUT2D eigenvalue weighted by atomic mass is 9.96. The molecule has 104 valence electrons. The fraction of sp³-hybridized carbons (Fsp3) is 0.235. The van der Waals surface area contributed by atoms with Crippen LogP contribution in [0.3, 0.4) is 0 Å². The summed E-state index contributed by atoms with van der Waals surface area (Å²) in [5, 5.41) is 1.01. The van der Waals surface area contributed by atoms with Crippen molar-refractivity contribution in [1.29, 1.82) is 0 Å². The quantitative estimate of drug-likeness (QED) is 0.673. The van der Waals surface area contributed by atoms with E-state index < -0.39 is 0 Å². The van der Waals surface area contributed by atoms with Gasteiger partial charge in [0.2, 0.25) is 0 Å². The largest absolute Gasteiger partial charge is 0.288 e. The molecule has 0 spiro atoms.